The first-order valence-corrected chi connectivity index (χ1v) is 12.2. The fourth-order valence-corrected chi connectivity index (χ4v) is 3.65. The average molecular weight is 816 g/mol. The molecule has 0 aliphatic heterocycles. The van der Waals surface area contributed by atoms with E-state index < -0.39 is 101 Å². The third kappa shape index (κ3) is 6.16. The summed E-state index contributed by atoms with van der Waals surface area (Å²) in [6.45, 7) is -2.30. The Labute approximate surface area is 259 Å². The molecule has 0 fully saturated rings. The third-order valence-corrected chi connectivity index (χ3v) is 6.84. The van der Waals surface area contributed by atoms with Crippen molar-refractivity contribution >= 4 is 0 Å². The molecule has 0 N–H and O–H groups in total. The standard InChI is InChI=1S/C21H18F28N/c1-4-5-6-50(2,3)7-9(24,25)11(28,29)13(32,33)15(36,37)17(40,41)19(44,45)21(48,49)20(46,47)18(42,43)16(38,39)14(34,35)12(30,31)10(26,27)8(22)23/h8H,4-7H2,1-3H3/q+1. The van der Waals surface area contributed by atoms with E-state index >= 15 is 0 Å². The fourth-order valence-electron chi connectivity index (χ4n) is 3.65. The number of alkyl halides is 28. The molecule has 0 aromatic rings. The highest BCUT2D eigenvalue weighted by molar-refractivity contribution is 5.21. The molecule has 50 heavy (non-hydrogen) atoms. The Balaban J connectivity index is 7.44. The molecule has 302 valence electrons. The van der Waals surface area contributed by atoms with Crippen LogP contribution in [0.1, 0.15) is 19.8 Å². The molecular weight excluding hydrogens is 798 g/mol. The van der Waals surface area contributed by atoms with Gasteiger partial charge in [0.15, 0.2) is 0 Å². The van der Waals surface area contributed by atoms with Crippen molar-refractivity contribution in [3.05, 3.63) is 0 Å². The number of hydrogen-bond donors (Lipinski definition) is 0. The van der Waals surface area contributed by atoms with Crippen LogP contribution in [0.25, 0.3) is 0 Å². The van der Waals surface area contributed by atoms with Crippen LogP contribution in [0.3, 0.4) is 0 Å². The molecule has 1 nitrogen and oxygen atoms in total. The molecular formula is C21H18F28N+. The molecule has 0 radical (unpaired) electrons. The second-order valence-corrected chi connectivity index (χ2v) is 11.1. The fraction of sp³-hybridized carbons (Fsp3) is 1.00. The lowest BCUT2D eigenvalue weighted by Crippen LogP contribution is -2.79. The van der Waals surface area contributed by atoms with Gasteiger partial charge < -0.3 is 4.48 Å². The van der Waals surface area contributed by atoms with Gasteiger partial charge in [-0.1, -0.05) is 13.3 Å². The molecule has 0 saturated carbocycles. The van der Waals surface area contributed by atoms with E-state index in [2.05, 4.69) is 0 Å². The third-order valence-electron chi connectivity index (χ3n) is 6.84. The first-order valence-electron chi connectivity index (χ1n) is 12.2. The van der Waals surface area contributed by atoms with Crippen LogP contribution in [-0.2, 0) is 0 Å². The molecule has 0 aromatic heterocycles. The summed E-state index contributed by atoms with van der Waals surface area (Å²) < 4.78 is 381. The summed E-state index contributed by atoms with van der Waals surface area (Å²) in [6, 6.07) is 0. The van der Waals surface area contributed by atoms with E-state index in [-0.39, 0.29) is 12.8 Å². The lowest BCUT2D eigenvalue weighted by Gasteiger charge is -2.46. The number of rotatable bonds is 18. The Morgan fingerprint density at radius 3 is 0.820 bits per heavy atom. The van der Waals surface area contributed by atoms with Gasteiger partial charge >= 0.3 is 83.4 Å². The zero-order chi connectivity index (χ0) is 41.4. The van der Waals surface area contributed by atoms with E-state index in [0.29, 0.717) is 14.1 Å². The van der Waals surface area contributed by atoms with Gasteiger partial charge in [0.05, 0.1) is 20.6 Å². The molecule has 0 saturated heterocycles. The minimum Gasteiger partial charge on any atom is -0.323 e. The highest BCUT2D eigenvalue weighted by atomic mass is 19.4. The molecule has 0 aromatic carbocycles. The van der Waals surface area contributed by atoms with Crippen LogP contribution in [0, 0.1) is 0 Å². The van der Waals surface area contributed by atoms with E-state index in [0.717, 1.165) is 0 Å². The molecule has 0 aliphatic rings. The number of quaternary nitrogens is 1. The number of unbranched alkanes of at least 4 members (excludes halogenated alkanes) is 1. The molecule has 0 bridgehead atoms. The van der Waals surface area contributed by atoms with E-state index in [1.165, 1.54) is 6.92 Å². The smallest absolute Gasteiger partial charge is 0.323 e. The number of halogens is 28. The van der Waals surface area contributed by atoms with Gasteiger partial charge in [0, 0.05) is 0 Å². The minimum atomic E-state index is -9.82. The summed E-state index contributed by atoms with van der Waals surface area (Å²) in [5.74, 6) is -118. The summed E-state index contributed by atoms with van der Waals surface area (Å²) in [6.07, 6.45) is -6.63. The second-order valence-electron chi connectivity index (χ2n) is 11.1. The van der Waals surface area contributed by atoms with Gasteiger partial charge in [-0.2, -0.15) is 114 Å². The van der Waals surface area contributed by atoms with Crippen molar-refractivity contribution in [2.75, 3.05) is 27.2 Å². The summed E-state index contributed by atoms with van der Waals surface area (Å²) in [7, 11) is 0.899. The lowest BCUT2D eigenvalue weighted by molar-refractivity contribution is -0.900. The quantitative estimate of drug-likeness (QED) is 0.0955. The SMILES string of the molecule is CCCC[N+](C)(C)CC(F)(F)C(F)(F)C(F)(F)C(F)(F)C(F)(F)C(F)(F)C(F)(F)C(F)(F)C(F)(F)C(F)(F)C(F)(F)C(F)(F)C(F)(F)C(F)F. The van der Waals surface area contributed by atoms with Crippen LogP contribution < -0.4 is 0 Å². The highest BCUT2D eigenvalue weighted by Gasteiger charge is 3.00. The van der Waals surface area contributed by atoms with E-state index in [1.54, 1.807) is 0 Å². The van der Waals surface area contributed by atoms with Crippen LogP contribution in [-0.4, -0.2) is 115 Å². The number of hydrogen-bond acceptors (Lipinski definition) is 0. The van der Waals surface area contributed by atoms with Crippen LogP contribution >= 0.6 is 0 Å². The van der Waals surface area contributed by atoms with Crippen molar-refractivity contribution in [2.45, 2.75) is 103 Å². The predicted octanol–water partition coefficient (Wildman–Crippen LogP) is 10.4. The monoisotopic (exact) mass is 816 g/mol. The summed E-state index contributed by atoms with van der Waals surface area (Å²) in [4.78, 5) is 0. The Morgan fingerprint density at radius 1 is 0.380 bits per heavy atom. The Bertz CT molecular complexity index is 1180. The second kappa shape index (κ2) is 12.6. The van der Waals surface area contributed by atoms with Crippen molar-refractivity contribution in [1.29, 1.82) is 0 Å². The van der Waals surface area contributed by atoms with Gasteiger partial charge in [0.25, 0.3) is 0 Å². The minimum absolute atomic E-state index is 0.00522. The van der Waals surface area contributed by atoms with Gasteiger partial charge in [0.2, 0.25) is 0 Å². The Morgan fingerprint density at radius 2 is 0.600 bits per heavy atom. The van der Waals surface area contributed by atoms with Crippen molar-refractivity contribution in [1.82, 2.24) is 0 Å². The zero-order valence-corrected chi connectivity index (χ0v) is 23.9. The molecule has 0 amide bonds. The Kier molecular flexibility index (Phi) is 12.1. The van der Waals surface area contributed by atoms with E-state index in [4.69, 9.17) is 0 Å². The molecule has 0 unspecified atom stereocenters. The van der Waals surface area contributed by atoms with Crippen LogP contribution in [0.2, 0.25) is 0 Å². The zero-order valence-electron chi connectivity index (χ0n) is 23.9. The van der Waals surface area contributed by atoms with Gasteiger partial charge in [-0.25, -0.2) is 8.78 Å². The topological polar surface area (TPSA) is 0 Å². The van der Waals surface area contributed by atoms with Crippen LogP contribution in [0.4, 0.5) is 123 Å². The van der Waals surface area contributed by atoms with Gasteiger partial charge in [-0.3, -0.25) is 0 Å². The summed E-state index contributed by atoms with van der Waals surface area (Å²) >= 11 is 0. The van der Waals surface area contributed by atoms with Gasteiger partial charge in [0.1, 0.15) is 6.54 Å². The van der Waals surface area contributed by atoms with Crippen molar-refractivity contribution < 1.29 is 127 Å². The Hall–Kier alpha value is -2.00. The summed E-state index contributed by atoms with van der Waals surface area (Å²) in [5, 5.41) is 0. The van der Waals surface area contributed by atoms with Gasteiger partial charge in [-0.05, 0) is 6.42 Å². The largest absolute Gasteiger partial charge is 0.385 e. The molecule has 0 heterocycles. The maximum Gasteiger partial charge on any atom is 0.385 e. The molecule has 0 aliphatic carbocycles. The van der Waals surface area contributed by atoms with Crippen molar-refractivity contribution in [2.24, 2.45) is 0 Å². The number of nitrogens with zero attached hydrogens (tertiary/aromatic N) is 1. The molecule has 0 atom stereocenters. The molecule has 29 heteroatoms. The highest BCUT2D eigenvalue weighted by Crippen LogP contribution is 2.68. The van der Waals surface area contributed by atoms with Crippen LogP contribution in [0.15, 0.2) is 0 Å². The van der Waals surface area contributed by atoms with E-state index in [9.17, 15) is 123 Å². The maximum atomic E-state index is 14.2. The van der Waals surface area contributed by atoms with Gasteiger partial charge in [-0.15, -0.1) is 0 Å². The lowest BCUT2D eigenvalue weighted by atomic mass is 9.83. The maximum absolute atomic E-state index is 14.2. The van der Waals surface area contributed by atoms with Crippen LogP contribution in [0.5, 0.6) is 0 Å². The average Bonchev–Trinajstić information content (AvgIpc) is 2.89. The normalized spacial score (nSPS) is 16.8. The summed E-state index contributed by atoms with van der Waals surface area (Å²) in [5.41, 5.74) is 0. The van der Waals surface area contributed by atoms with Crippen molar-refractivity contribution in [3.8, 4) is 0 Å². The molecule has 0 rings (SSSR count). The predicted molar refractivity (Wildman–Crippen MR) is 107 cm³/mol. The van der Waals surface area contributed by atoms with E-state index in [1.807, 2.05) is 0 Å². The first kappa shape index (κ1) is 48.0. The molecule has 0 spiro atoms. The first-order chi connectivity index (χ1) is 21.2. The van der Waals surface area contributed by atoms with Crippen molar-refractivity contribution in [3.63, 3.8) is 0 Å².